The van der Waals surface area contributed by atoms with Crippen molar-refractivity contribution in [3.05, 3.63) is 59.7 Å². The standard InChI is InChI=1S/C24H27NO3/c1-25-16-18-10-11-19(26)13-21(18)24-22(25)14-20(15-23(24)27)28-12-6-5-9-17-7-3-2-4-8-17/h2-4,7-8,13-15,18,27H,5-6,9-12,16H2,1H3. The molecule has 1 aliphatic heterocycles. The van der Waals surface area contributed by atoms with Crippen LogP contribution in [-0.4, -0.2) is 31.1 Å². The normalized spacial score (nSPS) is 18.3. The Labute approximate surface area is 166 Å². The molecule has 4 heteroatoms. The fraction of sp³-hybridized carbons (Fsp3) is 0.375. The number of ether oxygens (including phenoxy) is 1. The second-order valence-corrected chi connectivity index (χ2v) is 7.81. The maximum absolute atomic E-state index is 11.9. The number of hydrogen-bond donors (Lipinski definition) is 1. The highest BCUT2D eigenvalue weighted by Gasteiger charge is 2.33. The molecule has 0 amide bonds. The second kappa shape index (κ2) is 8.09. The van der Waals surface area contributed by atoms with Crippen molar-refractivity contribution in [3.63, 3.8) is 0 Å². The summed E-state index contributed by atoms with van der Waals surface area (Å²) in [5, 5.41) is 10.7. The number of rotatable bonds is 6. The van der Waals surface area contributed by atoms with E-state index in [0.29, 0.717) is 24.7 Å². The van der Waals surface area contributed by atoms with Crippen LogP contribution in [0.4, 0.5) is 5.69 Å². The molecule has 0 bridgehead atoms. The molecule has 1 heterocycles. The number of allylic oxidation sites excluding steroid dienone is 1. The van der Waals surface area contributed by atoms with Crippen LogP contribution in [0.2, 0.25) is 0 Å². The SMILES string of the molecule is CN1CC2CCC(=O)C=C2c2c(O)cc(OCCCCc3ccccc3)cc21. The molecule has 4 rings (SSSR count). The quantitative estimate of drug-likeness (QED) is 0.747. The molecule has 0 radical (unpaired) electrons. The smallest absolute Gasteiger partial charge is 0.156 e. The Morgan fingerprint density at radius 3 is 2.82 bits per heavy atom. The predicted molar refractivity (Wildman–Crippen MR) is 112 cm³/mol. The van der Waals surface area contributed by atoms with Gasteiger partial charge in [-0.05, 0) is 42.9 Å². The number of aryl methyl sites for hydroxylation is 1. The van der Waals surface area contributed by atoms with Crippen LogP contribution in [0.5, 0.6) is 11.5 Å². The average molecular weight is 377 g/mol. The van der Waals surface area contributed by atoms with E-state index in [-0.39, 0.29) is 11.5 Å². The molecule has 0 saturated carbocycles. The van der Waals surface area contributed by atoms with Gasteiger partial charge in [-0.25, -0.2) is 0 Å². The van der Waals surface area contributed by atoms with E-state index >= 15 is 0 Å². The van der Waals surface area contributed by atoms with Crippen LogP contribution in [-0.2, 0) is 11.2 Å². The molecule has 1 aliphatic carbocycles. The third-order valence-corrected chi connectivity index (χ3v) is 5.73. The number of nitrogens with zero attached hydrogens (tertiary/aromatic N) is 1. The van der Waals surface area contributed by atoms with Crippen molar-refractivity contribution in [1.29, 1.82) is 0 Å². The first-order valence-electron chi connectivity index (χ1n) is 10.1. The van der Waals surface area contributed by atoms with E-state index < -0.39 is 0 Å². The van der Waals surface area contributed by atoms with E-state index in [1.807, 2.05) is 19.2 Å². The summed E-state index contributed by atoms with van der Waals surface area (Å²) in [6, 6.07) is 14.1. The van der Waals surface area contributed by atoms with Crippen LogP contribution < -0.4 is 9.64 Å². The molecule has 0 fully saturated rings. The van der Waals surface area contributed by atoms with Crippen LogP contribution >= 0.6 is 0 Å². The molecule has 4 nitrogen and oxygen atoms in total. The Kier molecular flexibility index (Phi) is 5.38. The second-order valence-electron chi connectivity index (χ2n) is 7.81. The molecule has 146 valence electrons. The summed E-state index contributed by atoms with van der Waals surface area (Å²) >= 11 is 0. The van der Waals surface area contributed by atoms with Crippen LogP contribution in [0.1, 0.15) is 36.8 Å². The van der Waals surface area contributed by atoms with Gasteiger partial charge in [-0.3, -0.25) is 4.79 Å². The zero-order chi connectivity index (χ0) is 19.5. The van der Waals surface area contributed by atoms with E-state index in [4.69, 9.17) is 4.74 Å². The lowest BCUT2D eigenvalue weighted by molar-refractivity contribution is -0.115. The summed E-state index contributed by atoms with van der Waals surface area (Å²) in [6.07, 6.45) is 6.26. The largest absolute Gasteiger partial charge is 0.507 e. The third-order valence-electron chi connectivity index (χ3n) is 5.73. The van der Waals surface area contributed by atoms with Crippen molar-refractivity contribution in [2.75, 3.05) is 25.1 Å². The lowest BCUT2D eigenvalue weighted by atomic mass is 9.79. The number of fused-ring (bicyclic) bond motifs is 3. The van der Waals surface area contributed by atoms with Gasteiger partial charge in [0.1, 0.15) is 11.5 Å². The molecule has 28 heavy (non-hydrogen) atoms. The highest BCUT2D eigenvalue weighted by molar-refractivity contribution is 6.02. The molecule has 2 aliphatic rings. The van der Waals surface area contributed by atoms with Gasteiger partial charge in [0, 0.05) is 43.6 Å². The number of anilines is 1. The summed E-state index contributed by atoms with van der Waals surface area (Å²) in [5.74, 6) is 1.35. The number of benzene rings is 2. The van der Waals surface area contributed by atoms with Crippen molar-refractivity contribution in [2.24, 2.45) is 5.92 Å². The minimum Gasteiger partial charge on any atom is -0.507 e. The minimum absolute atomic E-state index is 0.153. The molecule has 2 aromatic carbocycles. The number of phenolic OH excluding ortho intramolecular Hbond substituents is 1. The van der Waals surface area contributed by atoms with Crippen molar-refractivity contribution < 1.29 is 14.6 Å². The molecular weight excluding hydrogens is 350 g/mol. The van der Waals surface area contributed by atoms with E-state index in [2.05, 4.69) is 29.2 Å². The van der Waals surface area contributed by atoms with E-state index in [0.717, 1.165) is 49.1 Å². The number of ketones is 1. The molecule has 1 N–H and O–H groups in total. The number of carbonyl (C=O) groups excluding carboxylic acids is 1. The Hall–Kier alpha value is -2.75. The minimum atomic E-state index is 0.153. The van der Waals surface area contributed by atoms with Gasteiger partial charge >= 0.3 is 0 Å². The topological polar surface area (TPSA) is 49.8 Å². The summed E-state index contributed by atoms with van der Waals surface area (Å²) in [4.78, 5) is 14.1. The summed E-state index contributed by atoms with van der Waals surface area (Å²) in [7, 11) is 2.04. The van der Waals surface area contributed by atoms with Gasteiger partial charge in [0.15, 0.2) is 5.78 Å². The maximum atomic E-state index is 11.9. The third kappa shape index (κ3) is 3.91. The molecule has 0 saturated heterocycles. The Morgan fingerprint density at radius 2 is 2.00 bits per heavy atom. The molecule has 1 unspecified atom stereocenters. The van der Waals surface area contributed by atoms with E-state index in [1.165, 1.54) is 5.56 Å². The highest BCUT2D eigenvalue weighted by Crippen LogP contribution is 2.47. The van der Waals surface area contributed by atoms with Gasteiger partial charge in [0.05, 0.1) is 12.3 Å². The first kappa shape index (κ1) is 18.6. The van der Waals surface area contributed by atoms with Crippen molar-refractivity contribution >= 4 is 17.0 Å². The predicted octanol–water partition coefficient (Wildman–Crippen LogP) is 4.61. The van der Waals surface area contributed by atoms with E-state index in [9.17, 15) is 9.90 Å². The maximum Gasteiger partial charge on any atom is 0.156 e. The number of unbranched alkanes of at least 4 members (excludes halogenated alkanes) is 1. The van der Waals surface area contributed by atoms with Crippen LogP contribution in [0.15, 0.2) is 48.5 Å². The summed E-state index contributed by atoms with van der Waals surface area (Å²) in [5.41, 5.74) is 4.07. The zero-order valence-corrected chi connectivity index (χ0v) is 16.4. The van der Waals surface area contributed by atoms with Gasteiger partial charge in [-0.1, -0.05) is 30.3 Å². The Balaban J connectivity index is 1.42. The first-order valence-corrected chi connectivity index (χ1v) is 10.1. The van der Waals surface area contributed by atoms with Crippen LogP contribution in [0, 0.1) is 5.92 Å². The van der Waals surface area contributed by atoms with Gasteiger partial charge < -0.3 is 14.7 Å². The van der Waals surface area contributed by atoms with Crippen molar-refractivity contribution in [2.45, 2.75) is 32.1 Å². The fourth-order valence-electron chi connectivity index (χ4n) is 4.26. The molecule has 0 aromatic heterocycles. The molecule has 1 atom stereocenters. The number of phenols is 1. The number of aromatic hydroxyl groups is 1. The van der Waals surface area contributed by atoms with Crippen molar-refractivity contribution in [1.82, 2.24) is 0 Å². The van der Waals surface area contributed by atoms with Crippen LogP contribution in [0.3, 0.4) is 0 Å². The highest BCUT2D eigenvalue weighted by atomic mass is 16.5. The summed E-state index contributed by atoms with van der Waals surface area (Å²) in [6.45, 7) is 1.49. The van der Waals surface area contributed by atoms with Gasteiger partial charge in [0.2, 0.25) is 0 Å². The summed E-state index contributed by atoms with van der Waals surface area (Å²) < 4.78 is 5.92. The zero-order valence-electron chi connectivity index (χ0n) is 16.4. The van der Waals surface area contributed by atoms with Gasteiger partial charge in [-0.15, -0.1) is 0 Å². The number of carbonyl (C=O) groups is 1. The first-order chi connectivity index (χ1) is 13.6. The monoisotopic (exact) mass is 377 g/mol. The van der Waals surface area contributed by atoms with Crippen molar-refractivity contribution in [3.8, 4) is 11.5 Å². The lowest BCUT2D eigenvalue weighted by Gasteiger charge is -2.37. The van der Waals surface area contributed by atoms with Gasteiger partial charge in [0.25, 0.3) is 0 Å². The Morgan fingerprint density at radius 1 is 1.18 bits per heavy atom. The van der Waals surface area contributed by atoms with E-state index in [1.54, 1.807) is 12.1 Å². The lowest BCUT2D eigenvalue weighted by Crippen LogP contribution is -2.33. The van der Waals surface area contributed by atoms with Crippen LogP contribution in [0.25, 0.3) is 5.57 Å². The number of hydrogen-bond acceptors (Lipinski definition) is 4. The Bertz CT molecular complexity index is 888. The molecule has 0 spiro atoms. The fourth-order valence-corrected chi connectivity index (χ4v) is 4.26. The average Bonchev–Trinajstić information content (AvgIpc) is 2.69. The molecular formula is C24H27NO3. The molecule has 2 aromatic rings. The van der Waals surface area contributed by atoms with Gasteiger partial charge in [-0.2, -0.15) is 0 Å².